The molecule has 0 N–H and O–H groups in total. The summed E-state index contributed by atoms with van der Waals surface area (Å²) in [5.74, 6) is 0.108. The molecule has 0 spiro atoms. The van der Waals surface area contributed by atoms with Crippen LogP contribution in [0.4, 0.5) is 5.69 Å². The van der Waals surface area contributed by atoms with Crippen molar-refractivity contribution in [2.75, 3.05) is 26.2 Å². The normalized spacial score (nSPS) is 20.4. The lowest BCUT2D eigenvalue weighted by Gasteiger charge is -2.36. The zero-order chi connectivity index (χ0) is 17.8. The Morgan fingerprint density at radius 1 is 1.00 bits per heavy atom. The van der Waals surface area contributed by atoms with Gasteiger partial charge in [0.2, 0.25) is 5.91 Å². The largest absolute Gasteiger partial charge is 0.339 e. The molecule has 1 saturated heterocycles. The van der Waals surface area contributed by atoms with Gasteiger partial charge in [-0.3, -0.25) is 19.7 Å². The topological polar surface area (TPSA) is 83.8 Å². The molecule has 1 aliphatic heterocycles. The quantitative estimate of drug-likeness (QED) is 0.479. The molecule has 1 unspecified atom stereocenters. The maximum absolute atomic E-state index is 12.5. The number of rotatable bonds is 3. The fourth-order valence-electron chi connectivity index (χ4n) is 3.31. The third kappa shape index (κ3) is 3.87. The van der Waals surface area contributed by atoms with Gasteiger partial charge in [0.1, 0.15) is 0 Å². The van der Waals surface area contributed by atoms with Gasteiger partial charge in [-0.25, -0.2) is 0 Å². The van der Waals surface area contributed by atoms with E-state index in [9.17, 15) is 19.7 Å². The van der Waals surface area contributed by atoms with Crippen molar-refractivity contribution in [2.24, 2.45) is 5.92 Å². The minimum atomic E-state index is -0.487. The zero-order valence-corrected chi connectivity index (χ0v) is 14.0. The second-order valence-electron chi connectivity index (χ2n) is 6.40. The summed E-state index contributed by atoms with van der Waals surface area (Å²) in [5, 5.41) is 10.7. The Balaban J connectivity index is 1.56. The van der Waals surface area contributed by atoms with Crippen molar-refractivity contribution >= 4 is 17.5 Å². The number of carbonyl (C=O) groups is 2. The Hall–Kier alpha value is -2.70. The van der Waals surface area contributed by atoms with Gasteiger partial charge in [0.05, 0.1) is 4.92 Å². The molecule has 1 aromatic rings. The second kappa shape index (κ2) is 7.46. The lowest BCUT2D eigenvalue weighted by atomic mass is 9.93. The Morgan fingerprint density at radius 3 is 2.20 bits per heavy atom. The molecule has 7 heteroatoms. The van der Waals surface area contributed by atoms with Crippen molar-refractivity contribution < 1.29 is 14.5 Å². The van der Waals surface area contributed by atoms with Crippen molar-refractivity contribution in [2.45, 2.75) is 19.3 Å². The van der Waals surface area contributed by atoms with Gasteiger partial charge < -0.3 is 9.80 Å². The maximum Gasteiger partial charge on any atom is 0.269 e. The number of non-ortho nitro benzene ring substituents is 1. The standard InChI is InChI=1S/C18H21N3O4/c22-17(14-4-2-1-3-5-14)19-10-12-20(13-11-19)18(23)15-6-8-16(9-7-15)21(24)25/h1-2,6-9,14H,3-5,10-13H2. The Labute approximate surface area is 146 Å². The smallest absolute Gasteiger partial charge is 0.269 e. The highest BCUT2D eigenvalue weighted by molar-refractivity contribution is 5.94. The predicted octanol–water partition coefficient (Wildman–Crippen LogP) is 2.24. The van der Waals surface area contributed by atoms with Crippen molar-refractivity contribution in [3.8, 4) is 0 Å². The molecule has 0 bridgehead atoms. The van der Waals surface area contributed by atoms with E-state index in [4.69, 9.17) is 0 Å². The number of nitro groups is 1. The molecular weight excluding hydrogens is 322 g/mol. The number of benzene rings is 1. The van der Waals surface area contributed by atoms with Crippen molar-refractivity contribution in [3.05, 3.63) is 52.1 Å². The summed E-state index contributed by atoms with van der Waals surface area (Å²) in [6.45, 7) is 2.06. The molecule has 1 aliphatic carbocycles. The summed E-state index contributed by atoms with van der Waals surface area (Å²) in [6, 6.07) is 5.63. The molecule has 25 heavy (non-hydrogen) atoms. The molecule has 132 valence electrons. The first-order valence-electron chi connectivity index (χ1n) is 8.54. The molecule has 2 aliphatic rings. The van der Waals surface area contributed by atoms with Gasteiger partial charge in [-0.15, -0.1) is 0 Å². The van der Waals surface area contributed by atoms with Gasteiger partial charge in [0.15, 0.2) is 0 Å². The maximum atomic E-state index is 12.5. The van der Waals surface area contributed by atoms with Crippen molar-refractivity contribution in [1.29, 1.82) is 0 Å². The minimum Gasteiger partial charge on any atom is -0.339 e. The predicted molar refractivity (Wildman–Crippen MR) is 92.1 cm³/mol. The summed E-state index contributed by atoms with van der Waals surface area (Å²) in [7, 11) is 0. The van der Waals surface area contributed by atoms with E-state index in [2.05, 4.69) is 12.2 Å². The van der Waals surface area contributed by atoms with Crippen molar-refractivity contribution in [1.82, 2.24) is 9.80 Å². The van der Waals surface area contributed by atoms with Crippen LogP contribution in [0, 0.1) is 16.0 Å². The van der Waals surface area contributed by atoms with Gasteiger partial charge >= 0.3 is 0 Å². The Kier molecular flexibility index (Phi) is 5.11. The molecule has 0 aromatic heterocycles. The molecule has 0 saturated carbocycles. The van der Waals surface area contributed by atoms with Gasteiger partial charge in [-0.05, 0) is 31.4 Å². The summed E-state index contributed by atoms with van der Waals surface area (Å²) in [6.07, 6.45) is 6.85. The van der Waals surface area contributed by atoms with E-state index in [0.717, 1.165) is 19.3 Å². The van der Waals surface area contributed by atoms with Crippen LogP contribution >= 0.6 is 0 Å². The third-order valence-electron chi connectivity index (χ3n) is 4.82. The van der Waals surface area contributed by atoms with Crippen LogP contribution in [0.2, 0.25) is 0 Å². The van der Waals surface area contributed by atoms with E-state index in [1.54, 1.807) is 4.90 Å². The van der Waals surface area contributed by atoms with E-state index < -0.39 is 4.92 Å². The number of nitro benzene ring substituents is 1. The fourth-order valence-corrected chi connectivity index (χ4v) is 3.31. The second-order valence-corrected chi connectivity index (χ2v) is 6.40. The van der Waals surface area contributed by atoms with Crippen molar-refractivity contribution in [3.63, 3.8) is 0 Å². The molecular formula is C18H21N3O4. The number of allylic oxidation sites excluding steroid dienone is 2. The lowest BCUT2D eigenvalue weighted by molar-refractivity contribution is -0.384. The van der Waals surface area contributed by atoms with Crippen LogP contribution in [0.25, 0.3) is 0 Å². The summed E-state index contributed by atoms with van der Waals surface area (Å²) < 4.78 is 0. The van der Waals surface area contributed by atoms with Crippen LogP contribution in [0.15, 0.2) is 36.4 Å². The summed E-state index contributed by atoms with van der Waals surface area (Å²) in [5.41, 5.74) is 0.399. The molecule has 1 heterocycles. The number of hydrogen-bond acceptors (Lipinski definition) is 4. The van der Waals surface area contributed by atoms with Crippen LogP contribution in [0.1, 0.15) is 29.6 Å². The minimum absolute atomic E-state index is 0.0338. The summed E-state index contributed by atoms with van der Waals surface area (Å²) in [4.78, 5) is 38.8. The van der Waals surface area contributed by atoms with Crippen LogP contribution in [0.5, 0.6) is 0 Å². The zero-order valence-electron chi connectivity index (χ0n) is 14.0. The highest BCUT2D eigenvalue weighted by atomic mass is 16.6. The van der Waals surface area contributed by atoms with E-state index in [1.165, 1.54) is 24.3 Å². The number of piperazine rings is 1. The first kappa shape index (κ1) is 17.1. The van der Waals surface area contributed by atoms with Crippen LogP contribution in [0.3, 0.4) is 0 Å². The molecule has 0 radical (unpaired) electrons. The van der Waals surface area contributed by atoms with Crippen LogP contribution < -0.4 is 0 Å². The number of hydrogen-bond donors (Lipinski definition) is 0. The number of carbonyl (C=O) groups excluding carboxylic acids is 2. The third-order valence-corrected chi connectivity index (χ3v) is 4.82. The molecule has 7 nitrogen and oxygen atoms in total. The Morgan fingerprint density at radius 2 is 1.64 bits per heavy atom. The van der Waals surface area contributed by atoms with Gasteiger partial charge in [-0.1, -0.05) is 12.2 Å². The van der Waals surface area contributed by atoms with Gasteiger partial charge in [0, 0.05) is 49.8 Å². The lowest BCUT2D eigenvalue weighted by Crippen LogP contribution is -2.52. The summed E-state index contributed by atoms with van der Waals surface area (Å²) >= 11 is 0. The monoisotopic (exact) mass is 343 g/mol. The first-order chi connectivity index (χ1) is 12.1. The highest BCUT2D eigenvalue weighted by Gasteiger charge is 2.29. The van der Waals surface area contributed by atoms with Crippen LogP contribution in [-0.4, -0.2) is 52.7 Å². The molecule has 1 aromatic carbocycles. The van der Waals surface area contributed by atoms with E-state index in [0.29, 0.717) is 31.7 Å². The van der Waals surface area contributed by atoms with E-state index >= 15 is 0 Å². The Bertz CT molecular complexity index is 691. The van der Waals surface area contributed by atoms with Crippen LogP contribution in [-0.2, 0) is 4.79 Å². The highest BCUT2D eigenvalue weighted by Crippen LogP contribution is 2.22. The van der Waals surface area contributed by atoms with Gasteiger partial charge in [-0.2, -0.15) is 0 Å². The average molecular weight is 343 g/mol. The number of nitrogens with zero attached hydrogens (tertiary/aromatic N) is 3. The van der Waals surface area contributed by atoms with E-state index in [1.807, 2.05) is 4.90 Å². The first-order valence-corrected chi connectivity index (χ1v) is 8.54. The molecule has 2 amide bonds. The molecule has 3 rings (SSSR count). The fraction of sp³-hybridized carbons (Fsp3) is 0.444. The SMILES string of the molecule is O=C(c1ccc([N+](=O)[O-])cc1)N1CCN(C(=O)C2CC=CCC2)CC1. The molecule has 1 atom stereocenters. The molecule has 1 fully saturated rings. The van der Waals surface area contributed by atoms with Gasteiger partial charge in [0.25, 0.3) is 11.6 Å². The average Bonchev–Trinajstić information content (AvgIpc) is 2.67. The van der Waals surface area contributed by atoms with E-state index in [-0.39, 0.29) is 23.4 Å². The number of amides is 2.